The maximum absolute atomic E-state index is 11.9. The van der Waals surface area contributed by atoms with E-state index in [1.807, 2.05) is 0 Å². The first-order valence-corrected chi connectivity index (χ1v) is 8.46. The van der Waals surface area contributed by atoms with Crippen molar-refractivity contribution in [1.82, 2.24) is 4.72 Å². The van der Waals surface area contributed by atoms with Crippen molar-refractivity contribution in [2.75, 3.05) is 12.4 Å². The Bertz CT molecular complexity index is 334. The largest absolute Gasteiger partial charge is 0.396 e. The first-order valence-electron chi connectivity index (χ1n) is 6.81. The summed E-state index contributed by atoms with van der Waals surface area (Å²) in [5.74, 6) is 0.468. The monoisotopic (exact) mass is 275 g/mol. The topological polar surface area (TPSA) is 66.4 Å². The van der Waals surface area contributed by atoms with Crippen LogP contribution in [0.3, 0.4) is 0 Å². The molecule has 0 spiro atoms. The van der Waals surface area contributed by atoms with Gasteiger partial charge >= 0.3 is 0 Å². The van der Waals surface area contributed by atoms with E-state index in [0.717, 1.165) is 12.8 Å². The van der Waals surface area contributed by atoms with Crippen LogP contribution < -0.4 is 4.72 Å². The van der Waals surface area contributed by atoms with E-state index < -0.39 is 10.0 Å². The molecule has 1 atom stereocenters. The van der Waals surface area contributed by atoms with Crippen molar-refractivity contribution >= 4 is 10.0 Å². The number of rotatable bonds is 8. The summed E-state index contributed by atoms with van der Waals surface area (Å²) in [6.07, 6.45) is 8.29. The molecule has 0 saturated heterocycles. The van der Waals surface area contributed by atoms with Gasteiger partial charge in [0.1, 0.15) is 0 Å². The van der Waals surface area contributed by atoms with Gasteiger partial charge in [-0.1, -0.05) is 25.3 Å². The van der Waals surface area contributed by atoms with E-state index in [0.29, 0.717) is 18.8 Å². The Morgan fingerprint density at radius 3 is 2.56 bits per heavy atom. The van der Waals surface area contributed by atoms with Gasteiger partial charge in [-0.3, -0.25) is 0 Å². The molecule has 1 aliphatic rings. The number of aliphatic hydroxyl groups excluding tert-OH is 1. The van der Waals surface area contributed by atoms with Gasteiger partial charge in [-0.2, -0.15) is 0 Å². The van der Waals surface area contributed by atoms with E-state index in [-0.39, 0.29) is 18.4 Å². The Morgan fingerprint density at radius 1 is 1.33 bits per heavy atom. The third kappa shape index (κ3) is 5.50. The summed E-state index contributed by atoms with van der Waals surface area (Å²) < 4.78 is 26.5. The summed E-state index contributed by atoms with van der Waals surface area (Å²) in [5, 5.41) is 9.09. The van der Waals surface area contributed by atoms with Crippen LogP contribution in [0, 0.1) is 5.92 Å². The summed E-state index contributed by atoms with van der Waals surface area (Å²) in [4.78, 5) is 0. The van der Waals surface area contributed by atoms with Gasteiger partial charge in [-0.25, -0.2) is 13.1 Å². The van der Waals surface area contributed by atoms with E-state index in [1.54, 1.807) is 6.08 Å². The van der Waals surface area contributed by atoms with Crippen LogP contribution in [0.1, 0.15) is 44.9 Å². The van der Waals surface area contributed by atoms with Crippen molar-refractivity contribution in [1.29, 1.82) is 0 Å². The van der Waals surface area contributed by atoms with Gasteiger partial charge < -0.3 is 5.11 Å². The zero-order valence-corrected chi connectivity index (χ0v) is 11.8. The van der Waals surface area contributed by atoms with E-state index in [2.05, 4.69) is 11.3 Å². The predicted molar refractivity (Wildman–Crippen MR) is 73.8 cm³/mol. The molecule has 1 fully saturated rings. The standard InChI is InChI=1S/C13H25NO3S/c1-2-3-11-18(16,17)14-13(9-10-15)12-7-5-4-6-8-12/h2,12-15H,1,3-11H2. The van der Waals surface area contributed by atoms with Crippen LogP contribution in [0.5, 0.6) is 0 Å². The normalized spacial score (nSPS) is 19.6. The molecule has 0 amide bonds. The van der Waals surface area contributed by atoms with Crippen LogP contribution in [0.15, 0.2) is 12.7 Å². The Labute approximate surface area is 111 Å². The summed E-state index contributed by atoms with van der Waals surface area (Å²) >= 11 is 0. The molecule has 1 unspecified atom stereocenters. The van der Waals surface area contributed by atoms with Crippen molar-refractivity contribution in [3.8, 4) is 0 Å². The third-order valence-electron chi connectivity index (χ3n) is 3.58. The molecule has 0 heterocycles. The lowest BCUT2D eigenvalue weighted by atomic mass is 9.83. The lowest BCUT2D eigenvalue weighted by molar-refractivity contribution is 0.221. The van der Waals surface area contributed by atoms with Crippen molar-refractivity contribution in [3.63, 3.8) is 0 Å². The molecular formula is C13H25NO3S. The van der Waals surface area contributed by atoms with Gasteiger partial charge in [0.2, 0.25) is 10.0 Å². The van der Waals surface area contributed by atoms with Crippen molar-refractivity contribution in [3.05, 3.63) is 12.7 Å². The summed E-state index contributed by atoms with van der Waals surface area (Å²) in [6, 6.07) is -0.106. The Balaban J connectivity index is 2.57. The van der Waals surface area contributed by atoms with Crippen molar-refractivity contribution in [2.45, 2.75) is 51.0 Å². The van der Waals surface area contributed by atoms with Crippen LogP contribution in [0.25, 0.3) is 0 Å². The van der Waals surface area contributed by atoms with Gasteiger partial charge in [-0.05, 0) is 31.6 Å². The molecular weight excluding hydrogens is 250 g/mol. The van der Waals surface area contributed by atoms with Crippen LogP contribution in [-0.4, -0.2) is 31.9 Å². The zero-order chi connectivity index (χ0) is 13.4. The number of aliphatic hydroxyl groups is 1. The van der Waals surface area contributed by atoms with Gasteiger partial charge in [-0.15, -0.1) is 6.58 Å². The average Bonchev–Trinajstić information content (AvgIpc) is 2.37. The van der Waals surface area contributed by atoms with Crippen LogP contribution in [0.2, 0.25) is 0 Å². The van der Waals surface area contributed by atoms with E-state index in [1.165, 1.54) is 19.3 Å². The first kappa shape index (κ1) is 15.7. The number of hydrogen-bond donors (Lipinski definition) is 2. The number of nitrogens with one attached hydrogen (secondary N) is 1. The molecule has 1 aliphatic carbocycles. The van der Waals surface area contributed by atoms with Crippen molar-refractivity contribution in [2.24, 2.45) is 5.92 Å². The number of sulfonamides is 1. The van der Waals surface area contributed by atoms with E-state index in [4.69, 9.17) is 5.11 Å². The molecule has 5 heteroatoms. The lowest BCUT2D eigenvalue weighted by Crippen LogP contribution is -2.42. The minimum atomic E-state index is -3.25. The fourth-order valence-corrected chi connectivity index (χ4v) is 3.96. The highest BCUT2D eigenvalue weighted by Gasteiger charge is 2.26. The highest BCUT2D eigenvalue weighted by atomic mass is 32.2. The minimum Gasteiger partial charge on any atom is -0.396 e. The fourth-order valence-electron chi connectivity index (χ4n) is 2.59. The SMILES string of the molecule is C=CCCS(=O)(=O)NC(CCO)C1CCCCC1. The Kier molecular flexibility index (Phi) is 6.89. The van der Waals surface area contributed by atoms with Crippen LogP contribution in [-0.2, 0) is 10.0 Å². The third-order valence-corrected chi connectivity index (χ3v) is 5.02. The van der Waals surface area contributed by atoms with Crippen LogP contribution in [0.4, 0.5) is 0 Å². The maximum Gasteiger partial charge on any atom is 0.212 e. The summed E-state index contributed by atoms with van der Waals surface area (Å²) in [7, 11) is -3.25. The second-order valence-corrected chi connectivity index (χ2v) is 6.90. The quantitative estimate of drug-likeness (QED) is 0.664. The molecule has 18 heavy (non-hydrogen) atoms. The average molecular weight is 275 g/mol. The lowest BCUT2D eigenvalue weighted by Gasteiger charge is -2.30. The molecule has 2 N–H and O–H groups in total. The molecule has 0 aromatic rings. The first-order chi connectivity index (χ1) is 8.59. The summed E-state index contributed by atoms with van der Waals surface area (Å²) in [5.41, 5.74) is 0. The zero-order valence-electron chi connectivity index (χ0n) is 11.0. The maximum atomic E-state index is 11.9. The van der Waals surface area contributed by atoms with Gasteiger partial charge in [0.25, 0.3) is 0 Å². The van der Waals surface area contributed by atoms with Gasteiger partial charge in [0.15, 0.2) is 0 Å². The second kappa shape index (κ2) is 7.92. The number of allylic oxidation sites excluding steroid dienone is 1. The molecule has 0 bridgehead atoms. The van der Waals surface area contributed by atoms with Gasteiger partial charge in [0, 0.05) is 12.6 Å². The highest BCUT2D eigenvalue weighted by Crippen LogP contribution is 2.28. The second-order valence-electron chi connectivity index (χ2n) is 5.03. The van der Waals surface area contributed by atoms with Crippen LogP contribution >= 0.6 is 0 Å². The Morgan fingerprint density at radius 2 is 2.00 bits per heavy atom. The molecule has 106 valence electrons. The molecule has 1 rings (SSSR count). The molecule has 0 aliphatic heterocycles. The minimum absolute atomic E-state index is 0.0329. The smallest absolute Gasteiger partial charge is 0.212 e. The van der Waals surface area contributed by atoms with Crippen molar-refractivity contribution < 1.29 is 13.5 Å². The molecule has 0 aromatic carbocycles. The molecule has 4 nitrogen and oxygen atoms in total. The Hall–Kier alpha value is -0.390. The molecule has 0 aromatic heterocycles. The highest BCUT2D eigenvalue weighted by molar-refractivity contribution is 7.89. The summed E-state index contributed by atoms with van der Waals surface area (Å²) in [6.45, 7) is 3.57. The van der Waals surface area contributed by atoms with E-state index >= 15 is 0 Å². The van der Waals surface area contributed by atoms with Gasteiger partial charge in [0.05, 0.1) is 5.75 Å². The predicted octanol–water partition coefficient (Wildman–Crippen LogP) is 1.81. The van der Waals surface area contributed by atoms with E-state index in [9.17, 15) is 8.42 Å². The number of hydrogen-bond acceptors (Lipinski definition) is 3. The molecule has 0 radical (unpaired) electrons. The fraction of sp³-hybridized carbons (Fsp3) is 0.846. The molecule has 1 saturated carbocycles.